The van der Waals surface area contributed by atoms with Gasteiger partial charge in [0.15, 0.2) is 5.82 Å². The number of ether oxygens (including phenoxy) is 2. The first-order valence-electron chi connectivity index (χ1n) is 9.10. The molecule has 0 aliphatic heterocycles. The van der Waals surface area contributed by atoms with Crippen LogP contribution in [-0.2, 0) is 9.47 Å². The number of carbonyl (C=O) groups is 2. The monoisotopic (exact) mass is 580 g/mol. The van der Waals surface area contributed by atoms with Crippen LogP contribution in [0, 0.1) is 3.57 Å². The molecule has 0 bridgehead atoms. The number of hydrogen-bond acceptors (Lipinski definition) is 6. The van der Waals surface area contributed by atoms with Gasteiger partial charge in [-0.1, -0.05) is 0 Å². The van der Waals surface area contributed by atoms with Crippen LogP contribution in [0.15, 0.2) is 10.8 Å². The fourth-order valence-electron chi connectivity index (χ4n) is 2.48. The highest BCUT2D eigenvalue weighted by molar-refractivity contribution is 14.1. The van der Waals surface area contributed by atoms with Gasteiger partial charge in [0.2, 0.25) is 0 Å². The number of amides is 2. The Morgan fingerprint density at radius 3 is 2.00 bits per heavy atom. The molecule has 0 saturated carbocycles. The van der Waals surface area contributed by atoms with Crippen molar-refractivity contribution >= 4 is 67.4 Å². The second kappa shape index (κ2) is 8.37. The zero-order chi connectivity index (χ0) is 22.3. The van der Waals surface area contributed by atoms with Gasteiger partial charge in [-0.15, -0.1) is 0 Å². The Morgan fingerprint density at radius 1 is 1.10 bits per heavy atom. The molecule has 0 saturated heterocycles. The van der Waals surface area contributed by atoms with E-state index in [0.29, 0.717) is 9.99 Å². The number of nitrogens with zero attached hydrogens (tertiary/aromatic N) is 4. The van der Waals surface area contributed by atoms with Crippen molar-refractivity contribution in [1.29, 1.82) is 0 Å². The molecule has 0 aliphatic carbocycles. The molecule has 160 valence electrons. The van der Waals surface area contributed by atoms with E-state index in [9.17, 15) is 9.59 Å². The average molecular weight is 581 g/mol. The van der Waals surface area contributed by atoms with Crippen molar-refractivity contribution in [3.8, 4) is 0 Å². The van der Waals surface area contributed by atoms with Crippen LogP contribution in [0.2, 0.25) is 0 Å². The van der Waals surface area contributed by atoms with E-state index in [4.69, 9.17) is 9.47 Å². The van der Waals surface area contributed by atoms with Gasteiger partial charge in [0.05, 0.1) is 14.5 Å². The second-order valence-electron chi connectivity index (χ2n) is 8.78. The second-order valence-corrected chi connectivity index (χ2v) is 10.7. The molecule has 29 heavy (non-hydrogen) atoms. The highest BCUT2D eigenvalue weighted by atomic mass is 127. The zero-order valence-corrected chi connectivity index (χ0v) is 21.6. The topological polar surface area (TPSA) is 86.6 Å². The first kappa shape index (κ1) is 23.8. The smallest absolute Gasteiger partial charge is 0.425 e. The third kappa shape index (κ3) is 5.59. The van der Waals surface area contributed by atoms with Crippen molar-refractivity contribution < 1.29 is 19.1 Å². The number of aromatic nitrogens is 3. The molecule has 0 radical (unpaired) electrons. The number of imide groups is 1. The number of anilines is 1. The predicted octanol–water partition coefficient (Wildman–Crippen LogP) is 6.06. The van der Waals surface area contributed by atoms with Crippen LogP contribution in [-0.4, -0.2) is 38.2 Å². The van der Waals surface area contributed by atoms with E-state index in [1.807, 2.05) is 18.5 Å². The van der Waals surface area contributed by atoms with Gasteiger partial charge in [-0.05, 0) is 93.9 Å². The molecule has 0 unspecified atom stereocenters. The first-order valence-corrected chi connectivity index (χ1v) is 11.0. The van der Waals surface area contributed by atoms with E-state index in [2.05, 4.69) is 48.6 Å². The van der Waals surface area contributed by atoms with E-state index in [-0.39, 0.29) is 11.9 Å². The van der Waals surface area contributed by atoms with Gasteiger partial charge < -0.3 is 9.47 Å². The molecule has 0 atom stereocenters. The zero-order valence-electron chi connectivity index (χ0n) is 17.8. The minimum atomic E-state index is -0.869. The molecule has 0 spiro atoms. The SMILES string of the molecule is CC(C)n1nc(Br)c2c(N(C(=O)OC(C)(C)C)C(=O)OC(C)(C)C)ncc(I)c21. The summed E-state index contributed by atoms with van der Waals surface area (Å²) >= 11 is 5.61. The van der Waals surface area contributed by atoms with Crippen LogP contribution in [0.3, 0.4) is 0 Å². The van der Waals surface area contributed by atoms with E-state index in [1.54, 1.807) is 47.7 Å². The number of carbonyl (C=O) groups excluding carboxylic acids is 2. The number of hydrogen-bond donors (Lipinski definition) is 0. The summed E-state index contributed by atoms with van der Waals surface area (Å²) in [7, 11) is 0. The van der Waals surface area contributed by atoms with Crippen molar-refractivity contribution in [3.63, 3.8) is 0 Å². The van der Waals surface area contributed by atoms with Gasteiger partial charge in [-0.25, -0.2) is 14.6 Å². The Kier molecular flexibility index (Phi) is 6.88. The van der Waals surface area contributed by atoms with Gasteiger partial charge >= 0.3 is 12.2 Å². The van der Waals surface area contributed by atoms with Crippen molar-refractivity contribution in [3.05, 3.63) is 14.4 Å². The van der Waals surface area contributed by atoms with Crippen molar-refractivity contribution in [2.75, 3.05) is 4.90 Å². The molecular formula is C19H26BrIN4O4. The first-order chi connectivity index (χ1) is 13.1. The maximum absolute atomic E-state index is 13.0. The molecule has 2 aromatic heterocycles. The number of pyridine rings is 1. The van der Waals surface area contributed by atoms with Gasteiger partial charge in [0.1, 0.15) is 15.8 Å². The summed E-state index contributed by atoms with van der Waals surface area (Å²) in [6, 6.07) is 0.0593. The molecular weight excluding hydrogens is 555 g/mol. The molecule has 2 aromatic rings. The lowest BCUT2D eigenvalue weighted by molar-refractivity contribution is 0.0429. The largest absolute Gasteiger partial charge is 0.443 e. The fourth-order valence-corrected chi connectivity index (χ4v) is 3.68. The van der Waals surface area contributed by atoms with Crippen molar-refractivity contribution in [1.82, 2.24) is 14.8 Å². The van der Waals surface area contributed by atoms with Crippen molar-refractivity contribution in [2.24, 2.45) is 0 Å². The molecule has 0 aromatic carbocycles. The van der Waals surface area contributed by atoms with Crippen LogP contribution >= 0.6 is 38.5 Å². The molecule has 0 fully saturated rings. The third-order valence-electron chi connectivity index (χ3n) is 3.47. The van der Waals surface area contributed by atoms with E-state index in [1.165, 1.54) is 0 Å². The van der Waals surface area contributed by atoms with Gasteiger partial charge in [0, 0.05) is 12.2 Å². The highest BCUT2D eigenvalue weighted by Gasteiger charge is 2.36. The summed E-state index contributed by atoms with van der Waals surface area (Å²) in [5.74, 6) is 0.0997. The summed E-state index contributed by atoms with van der Waals surface area (Å²) < 4.78 is 14.1. The summed E-state index contributed by atoms with van der Waals surface area (Å²) in [5.41, 5.74) is -0.854. The minimum Gasteiger partial charge on any atom is -0.443 e. The maximum atomic E-state index is 13.0. The van der Waals surface area contributed by atoms with Crippen LogP contribution in [0.25, 0.3) is 10.9 Å². The number of fused-ring (bicyclic) bond motifs is 1. The van der Waals surface area contributed by atoms with Crippen LogP contribution < -0.4 is 4.90 Å². The van der Waals surface area contributed by atoms with Crippen LogP contribution in [0.1, 0.15) is 61.4 Å². The quantitative estimate of drug-likeness (QED) is 0.402. The lowest BCUT2D eigenvalue weighted by Crippen LogP contribution is -2.44. The normalized spacial score (nSPS) is 12.4. The van der Waals surface area contributed by atoms with Crippen LogP contribution in [0.5, 0.6) is 0 Å². The minimum absolute atomic E-state index is 0.0593. The molecule has 8 nitrogen and oxygen atoms in total. The lowest BCUT2D eigenvalue weighted by Gasteiger charge is -2.28. The molecule has 0 N–H and O–H groups in total. The van der Waals surface area contributed by atoms with Gasteiger partial charge in [-0.3, -0.25) is 4.68 Å². The Bertz CT molecular complexity index is 916. The number of rotatable bonds is 2. The molecule has 0 aliphatic rings. The Hall–Kier alpha value is -1.43. The summed E-state index contributed by atoms with van der Waals surface area (Å²) in [4.78, 5) is 31.2. The summed E-state index contributed by atoms with van der Waals surface area (Å²) in [5, 5.41) is 5.05. The van der Waals surface area contributed by atoms with E-state index >= 15 is 0 Å². The fraction of sp³-hybridized carbons (Fsp3) is 0.579. The van der Waals surface area contributed by atoms with Crippen LogP contribution in [0.4, 0.5) is 15.4 Å². The molecule has 2 heterocycles. The third-order valence-corrected chi connectivity index (χ3v) is 4.82. The number of halogens is 2. The van der Waals surface area contributed by atoms with Gasteiger partial charge in [-0.2, -0.15) is 10.00 Å². The maximum Gasteiger partial charge on any atom is 0.425 e. The summed E-state index contributed by atoms with van der Waals surface area (Å²) in [6.07, 6.45) is -0.149. The van der Waals surface area contributed by atoms with E-state index in [0.717, 1.165) is 14.0 Å². The molecule has 2 amide bonds. The Labute approximate surface area is 192 Å². The Balaban J connectivity index is 2.74. The van der Waals surface area contributed by atoms with Crippen molar-refractivity contribution in [2.45, 2.75) is 72.6 Å². The average Bonchev–Trinajstić information content (AvgIpc) is 2.85. The highest BCUT2D eigenvalue weighted by Crippen LogP contribution is 2.36. The summed E-state index contributed by atoms with van der Waals surface area (Å²) in [6.45, 7) is 14.3. The molecule has 10 heteroatoms. The lowest BCUT2D eigenvalue weighted by atomic mass is 10.2. The van der Waals surface area contributed by atoms with E-state index < -0.39 is 23.4 Å². The standard InChI is InChI=1S/C19H26BrIN4O4/c1-10(2)25-13-11(21)9-22-15(12(13)14(20)23-25)24(16(26)28-18(3,4)5)17(27)29-19(6,7)8/h9-10H,1-8H3. The predicted molar refractivity (Wildman–Crippen MR) is 123 cm³/mol. The molecule has 2 rings (SSSR count). The van der Waals surface area contributed by atoms with Gasteiger partial charge in [0.25, 0.3) is 0 Å². The Morgan fingerprint density at radius 2 is 1.59 bits per heavy atom.